The summed E-state index contributed by atoms with van der Waals surface area (Å²) in [4.78, 5) is 12.0. The Morgan fingerprint density at radius 3 is 2.42 bits per heavy atom. The molecule has 26 heavy (non-hydrogen) atoms. The number of amides is 1. The van der Waals surface area contributed by atoms with Gasteiger partial charge in [0.2, 0.25) is 0 Å². The number of hydrogen-bond donors (Lipinski definition) is 4. The predicted octanol–water partition coefficient (Wildman–Crippen LogP) is 1.68. The Labute approximate surface area is 152 Å². The fraction of sp³-hybridized carbons (Fsp3) is 0.211. The molecule has 0 unspecified atom stereocenters. The second-order valence-electron chi connectivity index (χ2n) is 5.52. The van der Waals surface area contributed by atoms with E-state index in [9.17, 15) is 4.79 Å². The van der Waals surface area contributed by atoms with Crippen molar-refractivity contribution in [2.75, 3.05) is 26.5 Å². The Kier molecular flexibility index (Phi) is 5.95. The van der Waals surface area contributed by atoms with Crippen molar-refractivity contribution in [1.29, 1.82) is 0 Å². The van der Waals surface area contributed by atoms with E-state index in [1.54, 1.807) is 45.4 Å². The van der Waals surface area contributed by atoms with Gasteiger partial charge in [-0.05, 0) is 25.1 Å². The third-order valence-corrected chi connectivity index (χ3v) is 3.97. The van der Waals surface area contributed by atoms with Gasteiger partial charge in [-0.25, -0.2) is 0 Å². The number of likely N-dealkylation sites (N-methyl/N-ethyl adjacent to an activating group) is 1. The summed E-state index contributed by atoms with van der Waals surface area (Å²) in [5.41, 5.74) is 20.7. The van der Waals surface area contributed by atoms with Crippen molar-refractivity contribution < 1.29 is 14.3 Å². The molecule has 0 fully saturated rings. The molecular formula is C19H24N4O3. The minimum Gasteiger partial charge on any atom is -0.497 e. The highest BCUT2D eigenvalue weighted by Crippen LogP contribution is 2.38. The molecule has 7 nitrogen and oxygen atoms in total. The molecule has 7 heteroatoms. The van der Waals surface area contributed by atoms with Gasteiger partial charge in [-0.2, -0.15) is 0 Å². The molecule has 0 aliphatic rings. The third-order valence-electron chi connectivity index (χ3n) is 3.97. The average Bonchev–Trinajstić information content (AvgIpc) is 2.66. The maximum atomic E-state index is 12.0. The molecule has 2 aromatic carbocycles. The van der Waals surface area contributed by atoms with Gasteiger partial charge in [0.1, 0.15) is 17.2 Å². The van der Waals surface area contributed by atoms with E-state index in [2.05, 4.69) is 5.32 Å². The van der Waals surface area contributed by atoms with Crippen LogP contribution in [0.4, 0.5) is 5.69 Å². The highest BCUT2D eigenvalue weighted by atomic mass is 16.5. The molecule has 0 aliphatic heterocycles. The molecule has 0 atom stereocenters. The zero-order chi connectivity index (χ0) is 19.3. The van der Waals surface area contributed by atoms with Crippen molar-refractivity contribution in [2.24, 2.45) is 11.5 Å². The summed E-state index contributed by atoms with van der Waals surface area (Å²) >= 11 is 0. The Morgan fingerprint density at radius 2 is 1.81 bits per heavy atom. The number of ether oxygens (including phenoxy) is 2. The molecule has 0 heterocycles. The summed E-state index contributed by atoms with van der Waals surface area (Å²) in [6.45, 7) is 2.24. The number of anilines is 1. The average molecular weight is 356 g/mol. The van der Waals surface area contributed by atoms with Gasteiger partial charge in [0, 0.05) is 28.9 Å². The monoisotopic (exact) mass is 356 g/mol. The van der Waals surface area contributed by atoms with Crippen molar-refractivity contribution in [3.05, 3.63) is 47.7 Å². The van der Waals surface area contributed by atoms with Gasteiger partial charge < -0.3 is 32.0 Å². The van der Waals surface area contributed by atoms with Gasteiger partial charge in [0.05, 0.1) is 19.9 Å². The van der Waals surface area contributed by atoms with Crippen LogP contribution in [0, 0.1) is 0 Å². The molecule has 138 valence electrons. The van der Waals surface area contributed by atoms with Crippen LogP contribution in [-0.2, 0) is 4.79 Å². The highest BCUT2D eigenvalue weighted by Gasteiger charge is 2.17. The van der Waals surface area contributed by atoms with E-state index in [-0.39, 0.29) is 11.4 Å². The number of nitrogen functional groups attached to an aromatic ring is 1. The van der Waals surface area contributed by atoms with Crippen LogP contribution in [-0.4, -0.2) is 26.7 Å². The molecule has 7 N–H and O–H groups in total. The molecular weight excluding hydrogens is 332 g/mol. The summed E-state index contributed by atoms with van der Waals surface area (Å²) in [5, 5.41) is 2.62. The zero-order valence-electron chi connectivity index (χ0n) is 15.1. The summed E-state index contributed by atoms with van der Waals surface area (Å²) in [6, 6.07) is 10.8. The van der Waals surface area contributed by atoms with Gasteiger partial charge in [-0.3, -0.25) is 4.79 Å². The van der Waals surface area contributed by atoms with E-state index in [1.807, 2.05) is 12.1 Å². The normalized spacial score (nSPS) is 11.5. The molecule has 0 bridgehead atoms. The maximum absolute atomic E-state index is 12.0. The maximum Gasteiger partial charge on any atom is 0.269 e. The molecule has 2 aromatic rings. The number of nitrogens with one attached hydrogen (secondary N) is 1. The fourth-order valence-corrected chi connectivity index (χ4v) is 2.58. The van der Waals surface area contributed by atoms with Gasteiger partial charge in [-0.1, -0.05) is 18.2 Å². The van der Waals surface area contributed by atoms with Crippen molar-refractivity contribution in [2.45, 2.75) is 6.92 Å². The molecule has 0 aliphatic carbocycles. The van der Waals surface area contributed by atoms with Crippen LogP contribution in [0.2, 0.25) is 0 Å². The molecule has 2 rings (SSSR count). The van der Waals surface area contributed by atoms with E-state index in [0.717, 1.165) is 5.56 Å². The summed E-state index contributed by atoms with van der Waals surface area (Å²) in [7, 11) is 3.16. The Morgan fingerprint density at radius 1 is 1.08 bits per heavy atom. The van der Waals surface area contributed by atoms with Crippen molar-refractivity contribution in [3.63, 3.8) is 0 Å². The standard InChI is InChI=1S/C19H24N4O3/c1-4-23-19(24)18(22)17(21)13-7-5-6-12(16(13)20)14-10-11(25-2)8-9-15(14)26-3/h5-10H,4,20-22H2,1-3H3,(H,23,24)/b18-17+. The Bertz CT molecular complexity index is 847. The van der Waals surface area contributed by atoms with Crippen LogP contribution in [0.5, 0.6) is 11.5 Å². The Hall–Kier alpha value is -3.35. The third kappa shape index (κ3) is 3.66. The lowest BCUT2D eigenvalue weighted by molar-refractivity contribution is -0.117. The molecule has 0 saturated heterocycles. The number of benzene rings is 2. The van der Waals surface area contributed by atoms with E-state index in [4.69, 9.17) is 26.7 Å². The minimum atomic E-state index is -0.436. The summed E-state index contributed by atoms with van der Waals surface area (Å²) < 4.78 is 10.7. The van der Waals surface area contributed by atoms with Crippen molar-refractivity contribution >= 4 is 17.3 Å². The number of carbonyl (C=O) groups excluding carboxylic acids is 1. The van der Waals surface area contributed by atoms with E-state index in [1.165, 1.54) is 0 Å². The van der Waals surface area contributed by atoms with Crippen molar-refractivity contribution in [3.8, 4) is 22.6 Å². The summed E-state index contributed by atoms with van der Waals surface area (Å²) in [6.07, 6.45) is 0. The number of nitrogens with two attached hydrogens (primary N) is 3. The number of hydrogen-bond acceptors (Lipinski definition) is 6. The first-order valence-electron chi connectivity index (χ1n) is 8.09. The van der Waals surface area contributed by atoms with Gasteiger partial charge in [0.25, 0.3) is 5.91 Å². The van der Waals surface area contributed by atoms with Crippen LogP contribution in [0.1, 0.15) is 12.5 Å². The largest absolute Gasteiger partial charge is 0.497 e. The van der Waals surface area contributed by atoms with E-state index < -0.39 is 5.91 Å². The van der Waals surface area contributed by atoms with E-state index >= 15 is 0 Å². The van der Waals surface area contributed by atoms with Gasteiger partial charge >= 0.3 is 0 Å². The van der Waals surface area contributed by atoms with Crippen LogP contribution < -0.4 is 32.0 Å². The van der Waals surface area contributed by atoms with Crippen LogP contribution in [0.3, 0.4) is 0 Å². The number of carbonyl (C=O) groups is 1. The lowest BCUT2D eigenvalue weighted by Crippen LogP contribution is -2.30. The number of para-hydroxylation sites is 1. The van der Waals surface area contributed by atoms with Crippen LogP contribution in [0.25, 0.3) is 16.8 Å². The van der Waals surface area contributed by atoms with Gasteiger partial charge in [-0.15, -0.1) is 0 Å². The quantitative estimate of drug-likeness (QED) is 0.461. The molecule has 0 spiro atoms. The van der Waals surface area contributed by atoms with Crippen molar-refractivity contribution in [1.82, 2.24) is 5.32 Å². The highest BCUT2D eigenvalue weighted by molar-refractivity contribution is 6.01. The zero-order valence-corrected chi connectivity index (χ0v) is 15.1. The lowest BCUT2D eigenvalue weighted by atomic mass is 9.97. The SMILES string of the molecule is CCNC(=O)/C(N)=C(\N)c1cccc(-c2cc(OC)ccc2OC)c1N. The molecule has 0 aromatic heterocycles. The number of methoxy groups -OCH3 is 2. The van der Waals surface area contributed by atoms with Gasteiger partial charge in [0.15, 0.2) is 0 Å². The summed E-state index contributed by atoms with van der Waals surface area (Å²) in [5.74, 6) is 0.860. The first kappa shape index (κ1) is 19.0. The number of rotatable bonds is 6. The lowest BCUT2D eigenvalue weighted by Gasteiger charge is -2.16. The second kappa shape index (κ2) is 8.15. The minimum absolute atomic E-state index is 0.0756. The Balaban J connectivity index is 2.61. The second-order valence-corrected chi connectivity index (χ2v) is 5.52. The molecule has 0 saturated carbocycles. The van der Waals surface area contributed by atoms with Crippen LogP contribution in [0.15, 0.2) is 42.1 Å². The fourth-order valence-electron chi connectivity index (χ4n) is 2.58. The van der Waals surface area contributed by atoms with Crippen LogP contribution >= 0.6 is 0 Å². The molecule has 1 amide bonds. The molecule has 0 radical (unpaired) electrons. The first-order chi connectivity index (χ1) is 12.4. The predicted molar refractivity (Wildman–Crippen MR) is 103 cm³/mol. The first-order valence-corrected chi connectivity index (χ1v) is 8.09. The van der Waals surface area contributed by atoms with E-state index in [0.29, 0.717) is 34.9 Å². The topological polar surface area (TPSA) is 126 Å². The smallest absolute Gasteiger partial charge is 0.269 e.